The van der Waals surface area contributed by atoms with Gasteiger partial charge in [0.2, 0.25) is 0 Å². The van der Waals surface area contributed by atoms with Crippen molar-refractivity contribution >= 4 is 17.5 Å². The van der Waals surface area contributed by atoms with Gasteiger partial charge >= 0.3 is 5.97 Å². The van der Waals surface area contributed by atoms with Gasteiger partial charge in [-0.05, 0) is 20.3 Å². The Kier molecular flexibility index (Phi) is 9.94. The van der Waals surface area contributed by atoms with Gasteiger partial charge in [0, 0.05) is 28.1 Å². The monoisotopic (exact) mass is 248 g/mol. The summed E-state index contributed by atoms with van der Waals surface area (Å²) in [6.45, 7) is 4.87. The Balaban J connectivity index is 0. The average Bonchev–Trinajstić information content (AvgIpc) is 2.04. The van der Waals surface area contributed by atoms with Crippen molar-refractivity contribution in [3.8, 4) is 0 Å². The Morgan fingerprint density at radius 3 is 2.07 bits per heavy atom. The molecule has 0 radical (unpaired) electrons. The van der Waals surface area contributed by atoms with E-state index in [1.165, 1.54) is 6.92 Å². The molecule has 0 saturated heterocycles. The molecule has 0 saturated carbocycles. The van der Waals surface area contributed by atoms with Gasteiger partial charge < -0.3 is 4.74 Å². The second kappa shape index (κ2) is 8.80. The predicted molar refractivity (Wildman–Crippen MR) is 50.7 cm³/mol. The zero-order valence-corrected chi connectivity index (χ0v) is 10.9. The third kappa shape index (κ3) is 5.85. The summed E-state index contributed by atoms with van der Waals surface area (Å²) in [6, 6.07) is 0. The van der Waals surface area contributed by atoms with Crippen LogP contribution in [0.25, 0.3) is 0 Å². The molecular weight excluding hydrogens is 232 g/mol. The minimum atomic E-state index is -1.21. The Morgan fingerprint density at radius 2 is 1.73 bits per heavy atom. The van der Waals surface area contributed by atoms with E-state index in [-0.39, 0.29) is 40.5 Å². The zero-order chi connectivity index (χ0) is 11.1. The van der Waals surface area contributed by atoms with Gasteiger partial charge in [-0.25, -0.2) is 0 Å². The number of hydrogen-bond acceptors (Lipinski definition) is 4. The van der Waals surface area contributed by atoms with Crippen LogP contribution in [0.4, 0.5) is 0 Å². The second-order valence-corrected chi connectivity index (χ2v) is 3.01. The summed E-state index contributed by atoms with van der Waals surface area (Å²) < 4.78 is 4.65. The molecule has 0 rings (SSSR count). The molecule has 0 aliphatic heterocycles. The van der Waals surface area contributed by atoms with Crippen molar-refractivity contribution in [2.75, 3.05) is 6.61 Å². The van der Waals surface area contributed by atoms with Crippen LogP contribution in [0.1, 0.15) is 33.6 Å². The topological polar surface area (TPSA) is 60.4 Å². The molecule has 4 nitrogen and oxygen atoms in total. The number of ketones is 2. The van der Waals surface area contributed by atoms with Gasteiger partial charge in [0.15, 0.2) is 17.5 Å². The summed E-state index contributed by atoms with van der Waals surface area (Å²) >= 11 is 0. The predicted octanol–water partition coefficient (Wildman–Crippen LogP) is 1.12. The van der Waals surface area contributed by atoms with Crippen molar-refractivity contribution in [3.63, 3.8) is 0 Å². The van der Waals surface area contributed by atoms with Gasteiger partial charge in [0.05, 0.1) is 6.61 Å². The third-order valence-corrected chi connectivity index (χ3v) is 1.75. The summed E-state index contributed by atoms with van der Waals surface area (Å²) in [6.07, 6.45) is 0.866. The molecule has 0 aromatic rings. The summed E-state index contributed by atoms with van der Waals surface area (Å²) in [5, 5.41) is 0. The van der Waals surface area contributed by atoms with Crippen LogP contribution in [0.5, 0.6) is 0 Å². The first-order chi connectivity index (χ1) is 6.54. The first-order valence-electron chi connectivity index (χ1n) is 4.74. The minimum absolute atomic E-state index is 0. The van der Waals surface area contributed by atoms with Crippen molar-refractivity contribution in [3.05, 3.63) is 0 Å². The number of carbonyl (C=O) groups is 3. The standard InChI is InChI=1S/C10H16O4.Ti/c1-4-6-8(12)9(7(3)11)10(13)14-5-2;/h9H,4-6H2,1-3H3;. The minimum Gasteiger partial charge on any atom is -0.465 e. The molecular formula is C10H16O4Ti. The molecule has 0 N–H and O–H groups in total. The third-order valence-electron chi connectivity index (χ3n) is 1.75. The maximum Gasteiger partial charge on any atom is 0.324 e. The molecule has 15 heavy (non-hydrogen) atoms. The molecule has 5 heteroatoms. The summed E-state index contributed by atoms with van der Waals surface area (Å²) in [5.41, 5.74) is 0. The maximum atomic E-state index is 11.4. The molecule has 0 fully saturated rings. The van der Waals surface area contributed by atoms with E-state index in [1.807, 2.05) is 6.92 Å². The summed E-state index contributed by atoms with van der Waals surface area (Å²) in [4.78, 5) is 33.7. The van der Waals surface area contributed by atoms with Crippen LogP contribution in [-0.2, 0) is 40.8 Å². The van der Waals surface area contributed by atoms with Gasteiger partial charge in [-0.2, -0.15) is 0 Å². The van der Waals surface area contributed by atoms with Crippen LogP contribution in [0, 0.1) is 5.92 Å². The van der Waals surface area contributed by atoms with E-state index in [0.29, 0.717) is 6.42 Å². The molecule has 84 valence electrons. The van der Waals surface area contributed by atoms with E-state index in [0.717, 1.165) is 0 Å². The van der Waals surface area contributed by atoms with Crippen LogP contribution in [0.15, 0.2) is 0 Å². The van der Waals surface area contributed by atoms with E-state index in [9.17, 15) is 14.4 Å². The first-order valence-corrected chi connectivity index (χ1v) is 4.74. The number of ether oxygens (including phenoxy) is 1. The largest absolute Gasteiger partial charge is 0.465 e. The van der Waals surface area contributed by atoms with Crippen molar-refractivity contribution in [1.82, 2.24) is 0 Å². The number of hydrogen-bond donors (Lipinski definition) is 0. The van der Waals surface area contributed by atoms with Crippen molar-refractivity contribution in [1.29, 1.82) is 0 Å². The van der Waals surface area contributed by atoms with E-state index in [4.69, 9.17) is 0 Å². The molecule has 0 heterocycles. The van der Waals surface area contributed by atoms with E-state index in [2.05, 4.69) is 4.74 Å². The summed E-state index contributed by atoms with van der Waals surface area (Å²) in [7, 11) is 0. The van der Waals surface area contributed by atoms with E-state index in [1.54, 1.807) is 6.92 Å². The van der Waals surface area contributed by atoms with Gasteiger partial charge in [0.1, 0.15) is 0 Å². The van der Waals surface area contributed by atoms with Crippen LogP contribution < -0.4 is 0 Å². The number of rotatable bonds is 6. The smallest absolute Gasteiger partial charge is 0.324 e. The Morgan fingerprint density at radius 1 is 1.20 bits per heavy atom. The average molecular weight is 248 g/mol. The Bertz CT molecular complexity index is 220. The van der Waals surface area contributed by atoms with Crippen LogP contribution >= 0.6 is 0 Å². The fraction of sp³-hybridized carbons (Fsp3) is 0.700. The fourth-order valence-corrected chi connectivity index (χ4v) is 1.14. The fourth-order valence-electron chi connectivity index (χ4n) is 1.14. The van der Waals surface area contributed by atoms with Gasteiger partial charge in [0.25, 0.3) is 0 Å². The molecule has 0 aromatic heterocycles. The normalized spacial score (nSPS) is 11.1. The van der Waals surface area contributed by atoms with Crippen LogP contribution in [-0.4, -0.2) is 24.1 Å². The van der Waals surface area contributed by atoms with Crippen LogP contribution in [0.3, 0.4) is 0 Å². The van der Waals surface area contributed by atoms with Crippen molar-refractivity contribution in [2.24, 2.45) is 5.92 Å². The van der Waals surface area contributed by atoms with E-state index < -0.39 is 17.7 Å². The van der Waals surface area contributed by atoms with Gasteiger partial charge in [-0.15, -0.1) is 0 Å². The molecule has 0 spiro atoms. The van der Waals surface area contributed by atoms with E-state index >= 15 is 0 Å². The quantitative estimate of drug-likeness (QED) is 0.401. The van der Waals surface area contributed by atoms with Crippen molar-refractivity contribution < 1.29 is 40.8 Å². The Labute approximate surface area is 105 Å². The summed E-state index contributed by atoms with van der Waals surface area (Å²) in [5.74, 6) is -2.73. The zero-order valence-electron chi connectivity index (χ0n) is 9.33. The molecule has 1 unspecified atom stereocenters. The Hall–Kier alpha value is -0.476. The molecule has 0 aliphatic rings. The SMILES string of the molecule is CCCC(=O)C(C(C)=O)C(=O)OCC.[Ti]. The van der Waals surface area contributed by atoms with Gasteiger partial charge in [-0.3, -0.25) is 14.4 Å². The number of carbonyl (C=O) groups excluding carboxylic acids is 3. The first kappa shape index (κ1) is 16.9. The second-order valence-electron chi connectivity index (χ2n) is 3.01. The molecule has 0 bridgehead atoms. The van der Waals surface area contributed by atoms with Gasteiger partial charge in [-0.1, -0.05) is 6.92 Å². The van der Waals surface area contributed by atoms with Crippen molar-refractivity contribution in [2.45, 2.75) is 33.6 Å². The molecule has 0 amide bonds. The number of Topliss-reactive ketones (excluding diaryl/α,β-unsaturated/α-hetero) is 2. The molecule has 0 aromatic carbocycles. The van der Waals surface area contributed by atoms with Crippen LogP contribution in [0.2, 0.25) is 0 Å². The molecule has 0 aliphatic carbocycles. The number of esters is 1. The maximum absolute atomic E-state index is 11.4. The molecule has 1 atom stereocenters.